The molecule has 1 amide bonds. The van der Waals surface area contributed by atoms with E-state index in [1.807, 2.05) is 13.1 Å². The lowest BCUT2D eigenvalue weighted by molar-refractivity contribution is 0.0791. The van der Waals surface area contributed by atoms with Gasteiger partial charge in [0.15, 0.2) is 0 Å². The third-order valence-corrected chi connectivity index (χ3v) is 2.48. The van der Waals surface area contributed by atoms with Crippen molar-refractivity contribution in [3.63, 3.8) is 0 Å². The highest BCUT2D eigenvalue weighted by Gasteiger charge is 2.15. The third-order valence-electron chi connectivity index (χ3n) is 2.48. The van der Waals surface area contributed by atoms with Gasteiger partial charge in [-0.25, -0.2) is 0 Å². The summed E-state index contributed by atoms with van der Waals surface area (Å²) in [6.07, 6.45) is 0. The largest absolute Gasteiger partial charge is 0.339 e. The average Bonchev–Trinajstić information content (AvgIpc) is 2.74. The number of hydrogen-bond donors (Lipinski definition) is 2. The fraction of sp³-hybridized carbons (Fsp3) is 0.636. The highest BCUT2D eigenvalue weighted by molar-refractivity contribution is 5.92. The van der Waals surface area contributed by atoms with Gasteiger partial charge in [0.1, 0.15) is 5.69 Å². The van der Waals surface area contributed by atoms with Crippen LogP contribution in [-0.2, 0) is 0 Å². The Morgan fingerprint density at radius 1 is 1.62 bits per heavy atom. The highest BCUT2D eigenvalue weighted by Crippen LogP contribution is 2.12. The topological polar surface area (TPSA) is 61.0 Å². The predicted molar refractivity (Wildman–Crippen MR) is 63.6 cm³/mol. The molecule has 2 N–H and O–H groups in total. The second-order valence-corrected chi connectivity index (χ2v) is 4.19. The molecule has 0 radical (unpaired) electrons. The smallest absolute Gasteiger partial charge is 0.274 e. The Balaban J connectivity index is 2.65. The number of hydrogen-bond acceptors (Lipinski definition) is 3. The van der Waals surface area contributed by atoms with E-state index in [4.69, 9.17) is 0 Å². The van der Waals surface area contributed by atoms with Crippen LogP contribution in [0, 0.1) is 0 Å². The van der Waals surface area contributed by atoms with Crippen LogP contribution in [0.3, 0.4) is 0 Å². The molecule has 1 heterocycles. The van der Waals surface area contributed by atoms with Crippen LogP contribution < -0.4 is 5.32 Å². The lowest BCUT2D eigenvalue weighted by atomic mass is 10.1. The van der Waals surface area contributed by atoms with Crippen molar-refractivity contribution in [2.45, 2.75) is 19.8 Å². The van der Waals surface area contributed by atoms with Gasteiger partial charge in [-0.05, 0) is 19.0 Å². The Kier molecular flexibility index (Phi) is 4.49. The number of H-pyrrole nitrogens is 1. The number of rotatable bonds is 5. The van der Waals surface area contributed by atoms with Crippen molar-refractivity contribution in [2.75, 3.05) is 27.2 Å². The van der Waals surface area contributed by atoms with Crippen molar-refractivity contribution in [1.82, 2.24) is 20.4 Å². The fourth-order valence-corrected chi connectivity index (χ4v) is 1.32. The zero-order chi connectivity index (χ0) is 12.1. The molecule has 5 nitrogen and oxygen atoms in total. The molecule has 1 rings (SSSR count). The molecule has 0 aliphatic rings. The lowest BCUT2D eigenvalue weighted by Crippen LogP contribution is -2.32. The normalized spacial score (nSPS) is 10.8. The first-order valence-corrected chi connectivity index (χ1v) is 5.51. The first-order chi connectivity index (χ1) is 7.56. The summed E-state index contributed by atoms with van der Waals surface area (Å²) < 4.78 is 0. The van der Waals surface area contributed by atoms with E-state index in [2.05, 4.69) is 29.4 Å². The maximum absolute atomic E-state index is 11.9. The van der Waals surface area contributed by atoms with E-state index in [1.54, 1.807) is 11.9 Å². The molecule has 0 atom stereocenters. The van der Waals surface area contributed by atoms with Gasteiger partial charge in [-0.3, -0.25) is 9.89 Å². The van der Waals surface area contributed by atoms with E-state index >= 15 is 0 Å². The maximum atomic E-state index is 11.9. The Labute approximate surface area is 96.2 Å². The van der Waals surface area contributed by atoms with Crippen LogP contribution in [0.4, 0.5) is 0 Å². The molecule has 16 heavy (non-hydrogen) atoms. The number of nitrogens with zero attached hydrogens (tertiary/aromatic N) is 2. The van der Waals surface area contributed by atoms with Gasteiger partial charge in [0.2, 0.25) is 0 Å². The molecule has 0 aliphatic carbocycles. The minimum Gasteiger partial charge on any atom is -0.339 e. The van der Waals surface area contributed by atoms with Crippen LogP contribution in [0.15, 0.2) is 6.07 Å². The lowest BCUT2D eigenvalue weighted by Gasteiger charge is -2.14. The van der Waals surface area contributed by atoms with Gasteiger partial charge in [0.25, 0.3) is 5.91 Å². The number of amides is 1. The van der Waals surface area contributed by atoms with Crippen molar-refractivity contribution >= 4 is 5.91 Å². The van der Waals surface area contributed by atoms with Crippen LogP contribution in [0.5, 0.6) is 0 Å². The number of likely N-dealkylation sites (N-methyl/N-ethyl adjacent to an activating group) is 2. The molecule has 90 valence electrons. The van der Waals surface area contributed by atoms with Crippen LogP contribution in [0.25, 0.3) is 0 Å². The van der Waals surface area contributed by atoms with Crippen molar-refractivity contribution in [3.05, 3.63) is 17.5 Å². The first kappa shape index (κ1) is 12.7. The Morgan fingerprint density at radius 3 is 2.81 bits per heavy atom. The van der Waals surface area contributed by atoms with E-state index in [9.17, 15) is 4.79 Å². The van der Waals surface area contributed by atoms with Crippen LogP contribution in [0.1, 0.15) is 35.9 Å². The molecular weight excluding hydrogens is 204 g/mol. The minimum atomic E-state index is -0.0431. The molecule has 0 spiro atoms. The summed E-state index contributed by atoms with van der Waals surface area (Å²) in [5, 5.41) is 9.92. The van der Waals surface area contributed by atoms with Gasteiger partial charge in [-0.1, -0.05) is 13.8 Å². The van der Waals surface area contributed by atoms with Crippen LogP contribution >= 0.6 is 0 Å². The standard InChI is InChI=1S/C11H20N4O/c1-8(2)9-7-10(14-13-9)11(16)15(4)6-5-12-3/h7-8,12H,5-6H2,1-4H3,(H,13,14). The molecule has 0 saturated heterocycles. The number of carbonyl (C=O) groups excluding carboxylic acids is 1. The van der Waals surface area contributed by atoms with Gasteiger partial charge in [0.05, 0.1) is 0 Å². The molecule has 0 fully saturated rings. The summed E-state index contributed by atoms with van der Waals surface area (Å²) in [5.74, 6) is 0.315. The van der Waals surface area contributed by atoms with Gasteiger partial charge < -0.3 is 10.2 Å². The zero-order valence-electron chi connectivity index (χ0n) is 10.4. The molecule has 0 bridgehead atoms. The minimum absolute atomic E-state index is 0.0431. The quantitative estimate of drug-likeness (QED) is 0.778. The molecule has 0 aromatic carbocycles. The van der Waals surface area contributed by atoms with E-state index < -0.39 is 0 Å². The van der Waals surface area contributed by atoms with Crippen molar-refractivity contribution in [1.29, 1.82) is 0 Å². The number of nitrogens with one attached hydrogen (secondary N) is 2. The van der Waals surface area contributed by atoms with Crippen molar-refractivity contribution in [2.24, 2.45) is 0 Å². The zero-order valence-corrected chi connectivity index (χ0v) is 10.4. The third kappa shape index (κ3) is 3.06. The predicted octanol–water partition coefficient (Wildman–Crippen LogP) is 0.824. The molecule has 0 aliphatic heterocycles. The molecule has 0 unspecified atom stereocenters. The van der Waals surface area contributed by atoms with E-state index in [1.165, 1.54) is 0 Å². The summed E-state index contributed by atoms with van der Waals surface area (Å²) in [4.78, 5) is 13.6. The molecular formula is C11H20N4O. The Hall–Kier alpha value is -1.36. The van der Waals surface area contributed by atoms with Crippen LogP contribution in [-0.4, -0.2) is 48.2 Å². The van der Waals surface area contributed by atoms with E-state index in [0.717, 1.165) is 12.2 Å². The summed E-state index contributed by atoms with van der Waals surface area (Å²) in [6.45, 7) is 5.59. The Morgan fingerprint density at radius 2 is 2.31 bits per heavy atom. The highest BCUT2D eigenvalue weighted by atomic mass is 16.2. The van der Waals surface area contributed by atoms with Crippen LogP contribution in [0.2, 0.25) is 0 Å². The number of aromatic amines is 1. The summed E-state index contributed by atoms with van der Waals surface area (Å²) in [7, 11) is 3.65. The number of aromatic nitrogens is 2. The van der Waals surface area contributed by atoms with Gasteiger partial charge in [-0.15, -0.1) is 0 Å². The summed E-state index contributed by atoms with van der Waals surface area (Å²) >= 11 is 0. The molecule has 0 saturated carbocycles. The molecule has 1 aromatic heterocycles. The summed E-state index contributed by atoms with van der Waals surface area (Å²) in [6, 6.07) is 1.82. The monoisotopic (exact) mass is 224 g/mol. The Bertz CT molecular complexity index is 346. The van der Waals surface area contributed by atoms with Crippen molar-refractivity contribution < 1.29 is 4.79 Å². The maximum Gasteiger partial charge on any atom is 0.274 e. The second kappa shape index (κ2) is 5.65. The first-order valence-electron chi connectivity index (χ1n) is 5.51. The molecule has 1 aromatic rings. The fourth-order valence-electron chi connectivity index (χ4n) is 1.32. The van der Waals surface area contributed by atoms with E-state index in [0.29, 0.717) is 18.2 Å². The van der Waals surface area contributed by atoms with Crippen molar-refractivity contribution in [3.8, 4) is 0 Å². The van der Waals surface area contributed by atoms with E-state index in [-0.39, 0.29) is 5.91 Å². The SMILES string of the molecule is CNCCN(C)C(=O)c1cc(C(C)C)[nH]n1. The molecule has 5 heteroatoms. The second-order valence-electron chi connectivity index (χ2n) is 4.19. The van der Waals surface area contributed by atoms with Gasteiger partial charge in [0, 0.05) is 25.8 Å². The van der Waals surface area contributed by atoms with Gasteiger partial charge in [-0.2, -0.15) is 5.10 Å². The van der Waals surface area contributed by atoms with Gasteiger partial charge >= 0.3 is 0 Å². The number of carbonyl (C=O) groups is 1. The summed E-state index contributed by atoms with van der Waals surface area (Å²) in [5.41, 5.74) is 1.48. The average molecular weight is 224 g/mol.